The van der Waals surface area contributed by atoms with Gasteiger partial charge in [-0.15, -0.1) is 0 Å². The molecule has 4 aromatic rings. The second-order valence-corrected chi connectivity index (χ2v) is 9.84. The lowest BCUT2D eigenvalue weighted by molar-refractivity contribution is -0.487. The lowest BCUT2D eigenvalue weighted by Gasteiger charge is -2.31. The number of hydrogen-bond donors (Lipinski definition) is 0. The largest absolute Gasteiger partial charge is 0.624 e. The van der Waals surface area contributed by atoms with Gasteiger partial charge >= 0.3 is 0 Å². The molecule has 8 heteroatoms. The van der Waals surface area contributed by atoms with Gasteiger partial charge in [-0.3, -0.25) is 0 Å². The number of fused-ring (bicyclic) bond motifs is 1. The molecule has 0 aliphatic carbocycles. The molecular weight excluding hydrogens is 466 g/mol. The maximum absolute atomic E-state index is 12.0. The molecule has 0 atom stereocenters. The standard InChI is InChI=1S/C29H33N5O3/c1-4-21-16-30-29(31-17-21)33-13-11-22(12-14-33)19-36-25-8-6-24(7-9-25)28-32-26-15-23(5-10-27(26)37-28)18-34(35)20(2)3/h5-10,15-18,20,22H,4,11-14,19H2,1-3H3/b34-18-. The molecule has 0 saturated carbocycles. The summed E-state index contributed by atoms with van der Waals surface area (Å²) in [6.07, 6.45) is 8.49. The van der Waals surface area contributed by atoms with Crippen molar-refractivity contribution in [2.75, 3.05) is 24.6 Å². The second-order valence-electron chi connectivity index (χ2n) is 9.84. The van der Waals surface area contributed by atoms with E-state index in [0.29, 0.717) is 24.0 Å². The summed E-state index contributed by atoms with van der Waals surface area (Å²) >= 11 is 0. The van der Waals surface area contributed by atoms with Gasteiger partial charge < -0.3 is 19.3 Å². The van der Waals surface area contributed by atoms with Gasteiger partial charge in [-0.2, -0.15) is 0 Å². The van der Waals surface area contributed by atoms with Gasteiger partial charge in [-0.05, 0) is 87.1 Å². The minimum absolute atomic E-state index is 0.116. The highest BCUT2D eigenvalue weighted by Crippen LogP contribution is 2.27. The molecule has 0 bridgehead atoms. The number of hydroxylamine groups is 1. The van der Waals surface area contributed by atoms with Gasteiger partial charge in [0.1, 0.15) is 11.3 Å². The first-order valence-electron chi connectivity index (χ1n) is 13.0. The number of hydrogen-bond acceptors (Lipinski definition) is 7. The van der Waals surface area contributed by atoms with Gasteiger partial charge in [0.2, 0.25) is 11.8 Å². The Morgan fingerprint density at radius 3 is 2.51 bits per heavy atom. The van der Waals surface area contributed by atoms with Crippen LogP contribution in [-0.4, -0.2) is 51.6 Å². The fourth-order valence-corrected chi connectivity index (χ4v) is 4.35. The summed E-state index contributed by atoms with van der Waals surface area (Å²) in [6.45, 7) is 8.41. The molecule has 1 aliphatic heterocycles. The Morgan fingerprint density at radius 2 is 1.84 bits per heavy atom. The number of ether oxygens (including phenoxy) is 1. The molecule has 2 aromatic heterocycles. The first-order valence-corrected chi connectivity index (χ1v) is 13.0. The van der Waals surface area contributed by atoms with Crippen LogP contribution >= 0.6 is 0 Å². The maximum Gasteiger partial charge on any atom is 0.227 e. The van der Waals surface area contributed by atoms with Crippen molar-refractivity contribution < 1.29 is 13.9 Å². The van der Waals surface area contributed by atoms with E-state index in [2.05, 4.69) is 26.8 Å². The van der Waals surface area contributed by atoms with Crippen LogP contribution < -0.4 is 9.64 Å². The minimum Gasteiger partial charge on any atom is -0.624 e. The van der Waals surface area contributed by atoms with E-state index in [1.165, 1.54) is 0 Å². The summed E-state index contributed by atoms with van der Waals surface area (Å²) in [5.41, 5.74) is 4.25. The third-order valence-electron chi connectivity index (χ3n) is 6.78. The predicted molar refractivity (Wildman–Crippen MR) is 145 cm³/mol. The number of aromatic nitrogens is 3. The molecule has 0 spiro atoms. The molecular formula is C29H33N5O3. The number of benzene rings is 2. The van der Waals surface area contributed by atoms with Crippen molar-refractivity contribution in [2.24, 2.45) is 5.92 Å². The minimum atomic E-state index is -0.116. The topological polar surface area (TPSA) is 90.3 Å². The zero-order valence-corrected chi connectivity index (χ0v) is 21.6. The molecule has 0 amide bonds. The van der Waals surface area contributed by atoms with Crippen LogP contribution in [0.3, 0.4) is 0 Å². The fourth-order valence-electron chi connectivity index (χ4n) is 4.35. The summed E-state index contributed by atoms with van der Waals surface area (Å²) in [4.78, 5) is 15.9. The molecule has 37 heavy (non-hydrogen) atoms. The number of rotatable bonds is 8. The van der Waals surface area contributed by atoms with Gasteiger partial charge in [0.25, 0.3) is 0 Å². The lowest BCUT2D eigenvalue weighted by Crippen LogP contribution is -2.36. The lowest BCUT2D eigenvalue weighted by atomic mass is 9.98. The maximum atomic E-state index is 12.0. The van der Waals surface area contributed by atoms with E-state index in [4.69, 9.17) is 9.15 Å². The molecule has 5 rings (SSSR count). The number of anilines is 1. The predicted octanol–water partition coefficient (Wildman–Crippen LogP) is 5.48. The highest BCUT2D eigenvalue weighted by atomic mass is 16.5. The molecule has 3 heterocycles. The van der Waals surface area contributed by atoms with E-state index in [-0.39, 0.29) is 6.04 Å². The monoisotopic (exact) mass is 499 g/mol. The smallest absolute Gasteiger partial charge is 0.227 e. The average molecular weight is 500 g/mol. The van der Waals surface area contributed by atoms with Crippen LogP contribution in [0.5, 0.6) is 5.75 Å². The second kappa shape index (κ2) is 11.0. The Labute approximate surface area is 217 Å². The summed E-state index contributed by atoms with van der Waals surface area (Å²) in [7, 11) is 0. The molecule has 8 nitrogen and oxygen atoms in total. The normalized spacial score (nSPS) is 15.0. The molecule has 0 unspecified atom stereocenters. The summed E-state index contributed by atoms with van der Waals surface area (Å²) in [6, 6.07) is 13.3. The van der Waals surface area contributed by atoms with Crippen LogP contribution in [-0.2, 0) is 6.42 Å². The van der Waals surface area contributed by atoms with Gasteiger partial charge in [0.05, 0.1) is 6.61 Å². The number of aryl methyl sites for hydroxylation is 1. The van der Waals surface area contributed by atoms with E-state index in [9.17, 15) is 5.21 Å². The number of piperidine rings is 1. The van der Waals surface area contributed by atoms with Gasteiger partial charge in [0.15, 0.2) is 17.8 Å². The SMILES string of the molecule is CCc1cnc(N2CCC(COc3ccc(-c4nc5cc(/C=[N+](\[O-])C(C)C)ccc5o4)cc3)CC2)nc1. The van der Waals surface area contributed by atoms with Crippen LogP contribution in [0.25, 0.3) is 22.6 Å². The van der Waals surface area contributed by atoms with Crippen molar-refractivity contribution in [1.82, 2.24) is 15.0 Å². The molecule has 0 radical (unpaired) electrons. The summed E-state index contributed by atoms with van der Waals surface area (Å²) < 4.78 is 13.0. The van der Waals surface area contributed by atoms with E-state index in [0.717, 1.165) is 71.0 Å². The number of oxazole rings is 1. The summed E-state index contributed by atoms with van der Waals surface area (Å²) in [5.74, 6) is 2.71. The van der Waals surface area contributed by atoms with Crippen molar-refractivity contribution in [1.29, 1.82) is 0 Å². The highest BCUT2D eigenvalue weighted by Gasteiger charge is 2.21. The van der Waals surface area contributed by atoms with Gasteiger partial charge in [-0.25, -0.2) is 19.7 Å². The molecule has 192 valence electrons. The first-order chi connectivity index (χ1) is 18.0. The van der Waals surface area contributed by atoms with E-state index >= 15 is 0 Å². The fraction of sp³-hybridized carbons (Fsp3) is 0.379. The highest BCUT2D eigenvalue weighted by molar-refractivity contribution is 5.85. The van der Waals surface area contributed by atoms with Crippen LogP contribution in [0.2, 0.25) is 0 Å². The van der Waals surface area contributed by atoms with Crippen LogP contribution in [0.15, 0.2) is 59.3 Å². The van der Waals surface area contributed by atoms with Crippen molar-refractivity contribution in [3.05, 3.63) is 71.2 Å². The molecule has 1 saturated heterocycles. The van der Waals surface area contributed by atoms with Crippen molar-refractivity contribution in [3.8, 4) is 17.2 Å². The third-order valence-corrected chi connectivity index (χ3v) is 6.78. The van der Waals surface area contributed by atoms with Crippen molar-refractivity contribution in [3.63, 3.8) is 0 Å². The van der Waals surface area contributed by atoms with Gasteiger partial charge in [0, 0.05) is 36.6 Å². The van der Waals surface area contributed by atoms with E-state index in [1.54, 1.807) is 6.21 Å². The number of nitrogens with zero attached hydrogens (tertiary/aromatic N) is 5. The van der Waals surface area contributed by atoms with Crippen molar-refractivity contribution >= 4 is 23.3 Å². The van der Waals surface area contributed by atoms with Crippen LogP contribution in [0, 0.1) is 11.1 Å². The van der Waals surface area contributed by atoms with Crippen molar-refractivity contribution in [2.45, 2.75) is 46.1 Å². The van der Waals surface area contributed by atoms with Gasteiger partial charge in [-0.1, -0.05) is 6.92 Å². The Morgan fingerprint density at radius 1 is 1.11 bits per heavy atom. The molecule has 2 aromatic carbocycles. The summed E-state index contributed by atoms with van der Waals surface area (Å²) in [5, 5.41) is 12.0. The Kier molecular flexibility index (Phi) is 7.35. The first kappa shape index (κ1) is 24.7. The zero-order chi connectivity index (χ0) is 25.8. The average Bonchev–Trinajstić information content (AvgIpc) is 3.36. The Balaban J connectivity index is 1.16. The Bertz CT molecular complexity index is 1350. The van der Waals surface area contributed by atoms with E-state index < -0.39 is 0 Å². The Hall–Kier alpha value is -3.94. The van der Waals surface area contributed by atoms with Crippen LogP contribution in [0.1, 0.15) is 44.7 Å². The quantitative estimate of drug-likeness (QED) is 0.137. The molecule has 0 N–H and O–H groups in total. The van der Waals surface area contributed by atoms with Crippen LogP contribution in [0.4, 0.5) is 5.95 Å². The third kappa shape index (κ3) is 5.90. The van der Waals surface area contributed by atoms with E-state index in [1.807, 2.05) is 68.7 Å². The molecule has 1 aliphatic rings. The molecule has 1 fully saturated rings. The zero-order valence-electron chi connectivity index (χ0n) is 21.6.